The third-order valence-electron chi connectivity index (χ3n) is 3.36. The molecule has 0 aliphatic heterocycles. The number of carbonyl (C=O) groups excluding carboxylic acids is 1. The molecule has 0 spiro atoms. The predicted molar refractivity (Wildman–Crippen MR) is 92.6 cm³/mol. The Morgan fingerprint density at radius 2 is 1.84 bits per heavy atom. The molecular weight excluding hydrogens is 372 g/mol. The second-order valence-electron chi connectivity index (χ2n) is 5.87. The third kappa shape index (κ3) is 4.83. The van der Waals surface area contributed by atoms with Crippen molar-refractivity contribution in [3.05, 3.63) is 22.7 Å². The van der Waals surface area contributed by atoms with Crippen LogP contribution < -0.4 is 9.46 Å². The van der Waals surface area contributed by atoms with Crippen LogP contribution in [0, 0.1) is 5.92 Å². The number of benzene rings is 1. The molecule has 0 radical (unpaired) electrons. The first-order valence-corrected chi connectivity index (χ1v) is 9.12. The van der Waals surface area contributed by atoms with Gasteiger partial charge in [-0.25, -0.2) is 8.42 Å². The minimum absolute atomic E-state index is 0.00259. The van der Waals surface area contributed by atoms with Crippen molar-refractivity contribution in [1.82, 2.24) is 9.62 Å². The molecule has 1 amide bonds. The minimum Gasteiger partial charge on any atom is -0.494 e. The van der Waals surface area contributed by atoms with Gasteiger partial charge in [-0.3, -0.25) is 9.59 Å². The molecule has 1 rings (SSSR count). The largest absolute Gasteiger partial charge is 0.494 e. The molecular formula is C15H21ClN2O6S. The van der Waals surface area contributed by atoms with Crippen LogP contribution in [-0.4, -0.2) is 57.5 Å². The van der Waals surface area contributed by atoms with Crippen LogP contribution >= 0.6 is 11.6 Å². The van der Waals surface area contributed by atoms with Crippen LogP contribution in [0.15, 0.2) is 17.0 Å². The number of ether oxygens (including phenoxy) is 1. The van der Waals surface area contributed by atoms with Gasteiger partial charge in [-0.15, -0.1) is 0 Å². The second kappa shape index (κ2) is 8.03. The number of rotatable bonds is 7. The van der Waals surface area contributed by atoms with E-state index < -0.39 is 38.8 Å². The third-order valence-corrected chi connectivity index (χ3v) is 5.03. The number of carbonyl (C=O) groups is 2. The Labute approximate surface area is 151 Å². The summed E-state index contributed by atoms with van der Waals surface area (Å²) in [5.41, 5.74) is -0.0446. The lowest BCUT2D eigenvalue weighted by Gasteiger charge is -2.21. The fourth-order valence-electron chi connectivity index (χ4n) is 2.08. The number of hydrogen-bond acceptors (Lipinski definition) is 5. The van der Waals surface area contributed by atoms with Crippen LogP contribution in [0.1, 0.15) is 24.2 Å². The molecule has 0 fully saturated rings. The Bertz CT molecular complexity index is 776. The Balaban J connectivity index is 3.55. The lowest BCUT2D eigenvalue weighted by Crippen LogP contribution is -2.44. The van der Waals surface area contributed by atoms with Gasteiger partial charge in [0.2, 0.25) is 10.0 Å². The van der Waals surface area contributed by atoms with Crippen molar-refractivity contribution >= 4 is 33.5 Å². The van der Waals surface area contributed by atoms with Crippen LogP contribution in [0.3, 0.4) is 0 Å². The van der Waals surface area contributed by atoms with Gasteiger partial charge in [0.25, 0.3) is 5.91 Å². The summed E-state index contributed by atoms with van der Waals surface area (Å²) in [5, 5.41) is 9.21. The monoisotopic (exact) mass is 392 g/mol. The highest BCUT2D eigenvalue weighted by molar-refractivity contribution is 7.89. The molecule has 0 aliphatic rings. The molecule has 1 aromatic rings. The van der Waals surface area contributed by atoms with E-state index in [-0.39, 0.29) is 16.3 Å². The average Bonchev–Trinajstić information content (AvgIpc) is 2.50. The van der Waals surface area contributed by atoms with Gasteiger partial charge >= 0.3 is 5.97 Å². The Morgan fingerprint density at radius 1 is 1.28 bits per heavy atom. The molecule has 0 saturated carbocycles. The molecule has 10 heteroatoms. The van der Waals surface area contributed by atoms with Crippen LogP contribution in [0.5, 0.6) is 5.75 Å². The normalized spacial score (nSPS) is 12.8. The van der Waals surface area contributed by atoms with Gasteiger partial charge in [-0.2, -0.15) is 4.72 Å². The predicted octanol–water partition coefficient (Wildman–Crippen LogP) is 1.44. The van der Waals surface area contributed by atoms with Gasteiger partial charge in [0.1, 0.15) is 10.9 Å². The van der Waals surface area contributed by atoms with E-state index >= 15 is 0 Å². The van der Waals surface area contributed by atoms with E-state index in [4.69, 9.17) is 16.3 Å². The SMILES string of the molecule is COc1c(C(=O)N(C)C)cc(Cl)cc1S(=O)(=O)N[C@H](C(=O)O)C(C)C. The topological polar surface area (TPSA) is 113 Å². The van der Waals surface area contributed by atoms with Crippen molar-refractivity contribution < 1.29 is 27.9 Å². The molecule has 2 N–H and O–H groups in total. The molecule has 0 aromatic heterocycles. The molecule has 8 nitrogen and oxygen atoms in total. The van der Waals surface area contributed by atoms with Gasteiger partial charge in [0, 0.05) is 19.1 Å². The molecule has 25 heavy (non-hydrogen) atoms. The summed E-state index contributed by atoms with van der Waals surface area (Å²) in [6.45, 7) is 3.13. The highest BCUT2D eigenvalue weighted by Crippen LogP contribution is 2.32. The van der Waals surface area contributed by atoms with Crippen molar-refractivity contribution in [3.63, 3.8) is 0 Å². The zero-order chi connectivity index (χ0) is 19.5. The Morgan fingerprint density at radius 3 is 2.24 bits per heavy atom. The summed E-state index contributed by atoms with van der Waals surface area (Å²) in [5.74, 6) is -2.53. The summed E-state index contributed by atoms with van der Waals surface area (Å²) in [4.78, 5) is 24.4. The molecule has 1 atom stereocenters. The summed E-state index contributed by atoms with van der Waals surface area (Å²) >= 11 is 5.96. The van der Waals surface area contributed by atoms with Crippen molar-refractivity contribution in [2.45, 2.75) is 24.8 Å². The number of sulfonamides is 1. The number of nitrogens with zero attached hydrogens (tertiary/aromatic N) is 1. The van der Waals surface area contributed by atoms with Gasteiger partial charge < -0.3 is 14.7 Å². The van der Waals surface area contributed by atoms with E-state index in [0.717, 1.165) is 6.07 Å². The lowest BCUT2D eigenvalue weighted by atomic mass is 10.1. The van der Waals surface area contributed by atoms with Crippen molar-refractivity contribution in [2.24, 2.45) is 5.92 Å². The quantitative estimate of drug-likeness (QED) is 0.725. The van der Waals surface area contributed by atoms with Gasteiger partial charge in [-0.1, -0.05) is 25.4 Å². The fraction of sp³-hybridized carbons (Fsp3) is 0.467. The molecule has 0 saturated heterocycles. The van der Waals surface area contributed by atoms with E-state index in [1.165, 1.54) is 32.2 Å². The standard InChI is InChI=1S/C15H21ClN2O6S/c1-8(2)12(15(20)21)17-25(22,23)11-7-9(16)6-10(13(11)24-5)14(19)18(3)4/h6-8,12,17H,1-5H3,(H,20,21)/t12-/m0/s1. The van der Waals surface area contributed by atoms with Gasteiger partial charge in [0.05, 0.1) is 12.7 Å². The minimum atomic E-state index is -4.31. The van der Waals surface area contributed by atoms with Crippen LogP contribution in [0.4, 0.5) is 0 Å². The van der Waals surface area contributed by atoms with Gasteiger partial charge in [0.15, 0.2) is 5.75 Å². The summed E-state index contributed by atoms with van der Waals surface area (Å²) < 4.78 is 32.6. The van der Waals surface area contributed by atoms with E-state index in [9.17, 15) is 23.1 Å². The first-order valence-electron chi connectivity index (χ1n) is 7.26. The van der Waals surface area contributed by atoms with E-state index in [2.05, 4.69) is 4.72 Å². The number of methoxy groups -OCH3 is 1. The van der Waals surface area contributed by atoms with E-state index in [1.807, 2.05) is 0 Å². The summed E-state index contributed by atoms with van der Waals surface area (Å²) in [6, 6.07) is 1.05. The van der Waals surface area contributed by atoms with Gasteiger partial charge in [-0.05, 0) is 18.1 Å². The molecule has 0 unspecified atom stereocenters. The average molecular weight is 393 g/mol. The number of carboxylic acids is 1. The molecule has 140 valence electrons. The zero-order valence-electron chi connectivity index (χ0n) is 14.5. The molecule has 0 aliphatic carbocycles. The number of halogens is 1. The zero-order valence-corrected chi connectivity index (χ0v) is 16.1. The van der Waals surface area contributed by atoms with Crippen molar-refractivity contribution in [3.8, 4) is 5.75 Å². The van der Waals surface area contributed by atoms with Crippen LogP contribution in [0.2, 0.25) is 5.02 Å². The number of amides is 1. The fourth-order valence-corrected chi connectivity index (χ4v) is 3.92. The number of nitrogens with one attached hydrogen (secondary N) is 1. The van der Waals surface area contributed by atoms with E-state index in [0.29, 0.717) is 0 Å². The summed E-state index contributed by atoms with van der Waals surface area (Å²) in [7, 11) is -0.105. The van der Waals surface area contributed by atoms with Crippen LogP contribution in [-0.2, 0) is 14.8 Å². The highest BCUT2D eigenvalue weighted by atomic mass is 35.5. The maximum Gasteiger partial charge on any atom is 0.322 e. The molecule has 1 aromatic carbocycles. The van der Waals surface area contributed by atoms with Crippen LogP contribution in [0.25, 0.3) is 0 Å². The molecule has 0 heterocycles. The van der Waals surface area contributed by atoms with Crippen molar-refractivity contribution in [1.29, 1.82) is 0 Å². The number of carboxylic acid groups (broad SMARTS) is 1. The highest BCUT2D eigenvalue weighted by Gasteiger charge is 2.32. The van der Waals surface area contributed by atoms with Crippen molar-refractivity contribution in [2.75, 3.05) is 21.2 Å². The second-order valence-corrected chi connectivity index (χ2v) is 7.98. The number of aliphatic carboxylic acids is 1. The summed E-state index contributed by atoms with van der Waals surface area (Å²) in [6.07, 6.45) is 0. The Hall–Kier alpha value is -1.84. The number of hydrogen-bond donors (Lipinski definition) is 2. The van der Waals surface area contributed by atoms with E-state index in [1.54, 1.807) is 13.8 Å². The Kier molecular flexibility index (Phi) is 6.81. The lowest BCUT2D eigenvalue weighted by molar-refractivity contribution is -0.140. The molecule has 0 bridgehead atoms. The smallest absolute Gasteiger partial charge is 0.322 e. The first kappa shape index (κ1) is 21.2. The maximum atomic E-state index is 12.7. The first-order chi connectivity index (χ1) is 11.4. The maximum absolute atomic E-state index is 12.7.